The number of rotatable bonds is 4. The van der Waals surface area contributed by atoms with Crippen molar-refractivity contribution in [3.8, 4) is 0 Å². The van der Waals surface area contributed by atoms with Gasteiger partial charge >= 0.3 is 6.03 Å². The van der Waals surface area contributed by atoms with Crippen molar-refractivity contribution in [3.63, 3.8) is 0 Å². The highest BCUT2D eigenvalue weighted by molar-refractivity contribution is 7.07. The number of thiazole rings is 1. The highest BCUT2D eigenvalue weighted by atomic mass is 32.1. The number of carbonyl (C=O) groups excluding carboxylic acids is 1. The molecule has 2 N–H and O–H groups in total. The Hall–Kier alpha value is -1.89. The molecule has 0 bridgehead atoms. The third-order valence-electron chi connectivity index (χ3n) is 3.00. The second-order valence-corrected chi connectivity index (χ2v) is 5.01. The molecule has 0 unspecified atom stereocenters. The molecule has 2 amide bonds. The minimum atomic E-state index is -0.198. The maximum Gasteiger partial charge on any atom is 0.315 e. The molecule has 0 aliphatic carbocycles. The summed E-state index contributed by atoms with van der Waals surface area (Å²) in [5.74, 6) is 0. The van der Waals surface area contributed by atoms with Crippen LogP contribution in [0, 0.1) is 13.8 Å². The van der Waals surface area contributed by atoms with Crippen molar-refractivity contribution in [2.45, 2.75) is 26.9 Å². The van der Waals surface area contributed by atoms with E-state index in [0.29, 0.717) is 13.1 Å². The molecule has 0 saturated heterocycles. The maximum absolute atomic E-state index is 11.7. The Morgan fingerprint density at radius 2 is 2.11 bits per heavy atom. The number of aryl methyl sites for hydroxylation is 2. The van der Waals surface area contributed by atoms with Gasteiger partial charge in [0.05, 0.1) is 23.4 Å². The molecular weight excluding hydrogens is 262 g/mol. The van der Waals surface area contributed by atoms with Crippen LogP contribution in [0.25, 0.3) is 0 Å². The van der Waals surface area contributed by atoms with Crippen molar-refractivity contribution < 1.29 is 4.79 Å². The summed E-state index contributed by atoms with van der Waals surface area (Å²) >= 11 is 1.51. The fraction of sp³-hybridized carbons (Fsp3) is 0.417. The Balaban J connectivity index is 1.83. The molecule has 7 heteroatoms. The van der Waals surface area contributed by atoms with Gasteiger partial charge in [0.25, 0.3) is 0 Å². The molecule has 102 valence electrons. The van der Waals surface area contributed by atoms with Crippen LogP contribution in [0.2, 0.25) is 0 Å². The number of nitrogens with one attached hydrogen (secondary N) is 2. The second-order valence-electron chi connectivity index (χ2n) is 4.29. The van der Waals surface area contributed by atoms with E-state index in [1.807, 2.05) is 31.0 Å². The first-order valence-electron chi connectivity index (χ1n) is 5.95. The summed E-state index contributed by atoms with van der Waals surface area (Å²) < 4.78 is 1.82. The normalized spacial score (nSPS) is 10.5. The minimum absolute atomic E-state index is 0.198. The fourth-order valence-corrected chi connectivity index (χ4v) is 2.36. The van der Waals surface area contributed by atoms with Crippen molar-refractivity contribution in [2.75, 3.05) is 0 Å². The average Bonchev–Trinajstić information content (AvgIpc) is 2.96. The third-order valence-corrected chi connectivity index (χ3v) is 3.63. The quantitative estimate of drug-likeness (QED) is 0.890. The molecule has 2 aromatic heterocycles. The highest BCUT2D eigenvalue weighted by Crippen LogP contribution is 2.10. The summed E-state index contributed by atoms with van der Waals surface area (Å²) in [6.45, 7) is 4.86. The Kier molecular flexibility index (Phi) is 4.16. The Bertz CT molecular complexity index is 561. The van der Waals surface area contributed by atoms with Crippen molar-refractivity contribution >= 4 is 17.4 Å². The highest BCUT2D eigenvalue weighted by Gasteiger charge is 2.10. The SMILES string of the molecule is Cc1nn(C)c(C)c1CNC(=O)NCc1cscn1. The minimum Gasteiger partial charge on any atom is -0.334 e. The van der Waals surface area contributed by atoms with Crippen LogP contribution in [0.3, 0.4) is 0 Å². The van der Waals surface area contributed by atoms with E-state index in [1.165, 1.54) is 11.3 Å². The first kappa shape index (κ1) is 13.5. The molecule has 0 spiro atoms. The van der Waals surface area contributed by atoms with E-state index in [0.717, 1.165) is 22.6 Å². The van der Waals surface area contributed by atoms with Gasteiger partial charge in [-0.15, -0.1) is 11.3 Å². The molecule has 2 rings (SSSR count). The van der Waals surface area contributed by atoms with E-state index >= 15 is 0 Å². The zero-order chi connectivity index (χ0) is 13.8. The van der Waals surface area contributed by atoms with Gasteiger partial charge in [-0.2, -0.15) is 5.10 Å². The standard InChI is InChI=1S/C12H17N5OS/c1-8-11(9(2)17(3)16-8)5-14-12(18)13-4-10-6-19-7-15-10/h6-7H,4-5H2,1-3H3,(H2,13,14,18). The number of urea groups is 1. The summed E-state index contributed by atoms with van der Waals surface area (Å²) in [7, 11) is 1.90. The molecule has 2 aromatic rings. The number of aromatic nitrogens is 3. The van der Waals surface area contributed by atoms with Crippen LogP contribution in [0.15, 0.2) is 10.9 Å². The van der Waals surface area contributed by atoms with E-state index < -0.39 is 0 Å². The Morgan fingerprint density at radius 3 is 2.68 bits per heavy atom. The lowest BCUT2D eigenvalue weighted by atomic mass is 10.2. The number of carbonyl (C=O) groups is 1. The van der Waals surface area contributed by atoms with Crippen LogP contribution in [-0.4, -0.2) is 20.8 Å². The second kappa shape index (κ2) is 5.83. The van der Waals surface area contributed by atoms with Crippen LogP contribution in [0.5, 0.6) is 0 Å². The summed E-state index contributed by atoms with van der Waals surface area (Å²) in [4.78, 5) is 15.8. The lowest BCUT2D eigenvalue weighted by Crippen LogP contribution is -2.34. The lowest BCUT2D eigenvalue weighted by molar-refractivity contribution is 0.240. The average molecular weight is 279 g/mol. The van der Waals surface area contributed by atoms with Gasteiger partial charge in [-0.05, 0) is 13.8 Å². The predicted molar refractivity (Wildman–Crippen MR) is 73.9 cm³/mol. The number of amides is 2. The smallest absolute Gasteiger partial charge is 0.315 e. The molecule has 0 aliphatic rings. The zero-order valence-electron chi connectivity index (χ0n) is 11.2. The van der Waals surface area contributed by atoms with Crippen molar-refractivity contribution in [2.24, 2.45) is 7.05 Å². The van der Waals surface area contributed by atoms with Gasteiger partial charge in [-0.1, -0.05) is 0 Å². The van der Waals surface area contributed by atoms with Gasteiger partial charge in [0, 0.05) is 30.2 Å². The Morgan fingerprint density at radius 1 is 1.37 bits per heavy atom. The van der Waals surface area contributed by atoms with E-state index in [9.17, 15) is 4.79 Å². The monoisotopic (exact) mass is 279 g/mol. The van der Waals surface area contributed by atoms with Crippen LogP contribution in [0.4, 0.5) is 4.79 Å². The Labute approximate surface area is 115 Å². The third kappa shape index (κ3) is 3.31. The molecule has 0 aromatic carbocycles. The van der Waals surface area contributed by atoms with Gasteiger partial charge in [-0.3, -0.25) is 4.68 Å². The molecule has 0 atom stereocenters. The summed E-state index contributed by atoms with van der Waals surface area (Å²) in [6, 6.07) is -0.198. The number of hydrogen-bond donors (Lipinski definition) is 2. The van der Waals surface area contributed by atoms with Crippen molar-refractivity contribution in [1.29, 1.82) is 0 Å². The lowest BCUT2D eigenvalue weighted by Gasteiger charge is -2.07. The molecule has 0 radical (unpaired) electrons. The molecule has 6 nitrogen and oxygen atoms in total. The molecular formula is C12H17N5OS. The first-order chi connectivity index (χ1) is 9.08. The van der Waals surface area contributed by atoms with Gasteiger partial charge in [-0.25, -0.2) is 9.78 Å². The number of nitrogens with zero attached hydrogens (tertiary/aromatic N) is 3. The van der Waals surface area contributed by atoms with Gasteiger partial charge in [0.15, 0.2) is 0 Å². The van der Waals surface area contributed by atoms with Gasteiger partial charge in [0.1, 0.15) is 0 Å². The zero-order valence-corrected chi connectivity index (χ0v) is 12.0. The van der Waals surface area contributed by atoms with E-state index in [-0.39, 0.29) is 6.03 Å². The van der Waals surface area contributed by atoms with Crippen LogP contribution in [0.1, 0.15) is 22.6 Å². The molecule has 19 heavy (non-hydrogen) atoms. The molecule has 0 aliphatic heterocycles. The number of hydrogen-bond acceptors (Lipinski definition) is 4. The predicted octanol–water partition coefficient (Wildman–Crippen LogP) is 1.49. The topological polar surface area (TPSA) is 71.8 Å². The van der Waals surface area contributed by atoms with E-state index in [1.54, 1.807) is 5.51 Å². The van der Waals surface area contributed by atoms with Crippen molar-refractivity contribution in [3.05, 3.63) is 33.5 Å². The molecule has 0 fully saturated rings. The summed E-state index contributed by atoms with van der Waals surface area (Å²) in [6.07, 6.45) is 0. The van der Waals surface area contributed by atoms with E-state index in [4.69, 9.17) is 0 Å². The fourth-order valence-electron chi connectivity index (χ4n) is 1.80. The van der Waals surface area contributed by atoms with Crippen LogP contribution in [-0.2, 0) is 20.1 Å². The van der Waals surface area contributed by atoms with Crippen molar-refractivity contribution in [1.82, 2.24) is 25.4 Å². The van der Waals surface area contributed by atoms with Gasteiger partial charge < -0.3 is 10.6 Å². The summed E-state index contributed by atoms with van der Waals surface area (Å²) in [5, 5.41) is 11.8. The maximum atomic E-state index is 11.7. The molecule has 0 saturated carbocycles. The van der Waals surface area contributed by atoms with Gasteiger partial charge in [0.2, 0.25) is 0 Å². The molecule has 2 heterocycles. The first-order valence-corrected chi connectivity index (χ1v) is 6.90. The van der Waals surface area contributed by atoms with E-state index in [2.05, 4.69) is 20.7 Å². The summed E-state index contributed by atoms with van der Waals surface area (Å²) in [5.41, 5.74) is 5.69. The largest absolute Gasteiger partial charge is 0.334 e. The van der Waals surface area contributed by atoms with Crippen LogP contribution >= 0.6 is 11.3 Å². The van der Waals surface area contributed by atoms with Crippen LogP contribution < -0.4 is 10.6 Å².